The van der Waals surface area contributed by atoms with E-state index in [9.17, 15) is 16.8 Å². The van der Waals surface area contributed by atoms with Crippen LogP contribution in [-0.4, -0.2) is 26.0 Å². The van der Waals surface area contributed by atoms with E-state index in [1.54, 1.807) is 0 Å². The Morgan fingerprint density at radius 3 is 1.44 bits per heavy atom. The van der Waals surface area contributed by atoms with Crippen molar-refractivity contribution in [3.63, 3.8) is 0 Å². The molecule has 25 heavy (non-hydrogen) atoms. The van der Waals surface area contributed by atoms with Gasteiger partial charge in [0.2, 0.25) is 0 Å². The first kappa shape index (κ1) is 20.2. The van der Waals surface area contributed by atoms with Gasteiger partial charge >= 0.3 is 4.38 Å². The summed E-state index contributed by atoms with van der Waals surface area (Å²) < 4.78 is 49.1. The first-order valence-corrected chi connectivity index (χ1v) is 10.6. The Labute approximate surface area is 163 Å². The third-order valence-corrected chi connectivity index (χ3v) is 8.49. The summed E-state index contributed by atoms with van der Waals surface area (Å²) in [5.74, 6) is 0. The predicted octanol–water partition coefficient (Wildman–Crippen LogP) is 4.13. The maximum absolute atomic E-state index is 12.7. The van der Waals surface area contributed by atoms with Crippen molar-refractivity contribution in [3.05, 3.63) is 62.0 Å². The van der Waals surface area contributed by atoms with Gasteiger partial charge in [0.15, 0.2) is 0 Å². The van der Waals surface area contributed by atoms with Crippen LogP contribution in [0.5, 0.6) is 0 Å². The van der Waals surface area contributed by atoms with Gasteiger partial charge in [0, 0.05) is 10.0 Å². The van der Waals surface area contributed by atoms with E-state index in [4.69, 9.17) is 51.9 Å². The smallest absolute Gasteiger partial charge is 0.359 e. The first-order valence-electron chi connectivity index (χ1n) is 6.14. The fourth-order valence-electron chi connectivity index (χ4n) is 1.81. The Kier molecular flexibility index (Phi) is 5.85. The number of sulfone groups is 2. The first-order chi connectivity index (χ1) is 11.5. The van der Waals surface area contributed by atoms with Gasteiger partial charge in [-0.25, -0.2) is 16.8 Å². The second-order valence-electron chi connectivity index (χ2n) is 4.52. The minimum atomic E-state index is -4.85. The van der Waals surface area contributed by atoms with Gasteiger partial charge in [-0.05, 0) is 36.4 Å². The molecule has 0 aliphatic heterocycles. The van der Waals surface area contributed by atoms with Gasteiger partial charge in [-0.1, -0.05) is 46.4 Å². The highest BCUT2D eigenvalue weighted by molar-refractivity contribution is 8.31. The molecule has 0 aliphatic rings. The van der Waals surface area contributed by atoms with Crippen molar-refractivity contribution < 1.29 is 21.6 Å². The minimum absolute atomic E-state index is 0.0153. The van der Waals surface area contributed by atoms with Crippen LogP contribution in [0.15, 0.2) is 46.2 Å². The van der Waals surface area contributed by atoms with E-state index in [0.717, 1.165) is 24.3 Å². The number of halogens is 4. The lowest BCUT2D eigenvalue weighted by molar-refractivity contribution is 0.00380. The van der Waals surface area contributed by atoms with Gasteiger partial charge in [-0.3, -0.25) is 0 Å². The molecule has 0 N–H and O–H groups in total. The number of benzene rings is 2. The maximum Gasteiger partial charge on any atom is 0.504 e. The summed E-state index contributed by atoms with van der Waals surface area (Å²) in [4.78, 5) is 1.18. The van der Waals surface area contributed by atoms with E-state index in [0.29, 0.717) is 0 Å². The van der Waals surface area contributed by atoms with Crippen LogP contribution in [0.2, 0.25) is 20.1 Å². The van der Waals surface area contributed by atoms with Crippen LogP contribution in [0.4, 0.5) is 0 Å². The highest BCUT2D eigenvalue weighted by atomic mass is 35.5. The van der Waals surface area contributed by atoms with Crippen molar-refractivity contribution in [1.82, 2.24) is 0 Å². The van der Waals surface area contributed by atoms with Crippen LogP contribution in [-0.2, 0) is 19.7 Å². The SMILES string of the molecule is [N-]=[N+]=C(S(=O)(=O)c1cc(Cl)ccc1Cl)S(=O)(=O)c1cc(Cl)ccc1Cl. The molecule has 0 unspecified atom stereocenters. The molecule has 0 aliphatic carbocycles. The van der Waals surface area contributed by atoms with Crippen molar-refractivity contribution in [1.29, 1.82) is 0 Å². The summed E-state index contributed by atoms with van der Waals surface area (Å²) in [6.07, 6.45) is 0. The van der Waals surface area contributed by atoms with Crippen molar-refractivity contribution >= 4 is 70.5 Å². The van der Waals surface area contributed by atoms with Crippen molar-refractivity contribution in [2.45, 2.75) is 9.79 Å². The Balaban J connectivity index is 2.77. The third kappa shape index (κ3) is 3.85. The molecular weight excluding hydrogens is 454 g/mol. The second-order valence-corrected chi connectivity index (χ2v) is 10.1. The standard InChI is InChI=1S/C13H6Cl4N2O4S2/c14-7-1-3-9(16)11(5-7)24(20,21)13(19-18)25(22,23)12-6-8(15)2-4-10(12)17/h1-6H. The van der Waals surface area contributed by atoms with Crippen LogP contribution in [0.1, 0.15) is 0 Å². The minimum Gasteiger partial charge on any atom is -0.359 e. The number of hydrogen-bond acceptors (Lipinski definition) is 4. The average Bonchev–Trinajstić information content (AvgIpc) is 2.51. The summed E-state index contributed by atoms with van der Waals surface area (Å²) in [7, 11) is -9.69. The molecule has 0 bridgehead atoms. The fraction of sp³-hybridized carbons (Fsp3) is 0. The molecule has 0 heterocycles. The number of rotatable bonds is 2. The second kappa shape index (κ2) is 7.25. The molecule has 0 amide bonds. The van der Waals surface area contributed by atoms with Crippen molar-refractivity contribution in [2.24, 2.45) is 0 Å². The lowest BCUT2D eigenvalue weighted by atomic mass is 10.4. The fourth-order valence-corrected chi connectivity index (χ4v) is 6.62. The Hall–Kier alpha value is -1.12. The van der Waals surface area contributed by atoms with Crippen LogP contribution < -0.4 is 0 Å². The highest BCUT2D eigenvalue weighted by Gasteiger charge is 2.46. The summed E-state index contributed by atoms with van der Waals surface area (Å²) in [5, 5.41) is -0.646. The summed E-state index contributed by atoms with van der Waals surface area (Å²) in [5.41, 5.74) is 9.12. The molecule has 0 fully saturated rings. The van der Waals surface area contributed by atoms with Gasteiger partial charge in [0.05, 0.1) is 19.8 Å². The quantitative estimate of drug-likeness (QED) is 0.291. The third-order valence-electron chi connectivity index (χ3n) is 2.91. The van der Waals surface area contributed by atoms with E-state index in [2.05, 4.69) is 4.79 Å². The lowest BCUT2D eigenvalue weighted by Gasteiger charge is -2.06. The average molecular weight is 460 g/mol. The molecule has 132 valence electrons. The van der Waals surface area contributed by atoms with Crippen LogP contribution >= 0.6 is 46.4 Å². The predicted molar refractivity (Wildman–Crippen MR) is 95.9 cm³/mol. The van der Waals surface area contributed by atoms with Crippen LogP contribution in [0.3, 0.4) is 0 Å². The Morgan fingerprint density at radius 1 is 0.760 bits per heavy atom. The summed E-state index contributed by atoms with van der Waals surface area (Å²) in [6, 6.07) is 6.79. The molecule has 0 aromatic heterocycles. The molecule has 12 heteroatoms. The molecule has 2 rings (SSSR count). The van der Waals surface area contributed by atoms with Crippen molar-refractivity contribution in [2.75, 3.05) is 0 Å². The molecule has 2 aromatic carbocycles. The van der Waals surface area contributed by atoms with E-state index in [-0.39, 0.29) is 20.1 Å². The molecule has 2 aromatic rings. The molecule has 0 spiro atoms. The van der Waals surface area contributed by atoms with Gasteiger partial charge in [0.1, 0.15) is 0 Å². The van der Waals surface area contributed by atoms with Crippen LogP contribution in [0, 0.1) is 0 Å². The van der Waals surface area contributed by atoms with E-state index < -0.39 is 33.8 Å². The Morgan fingerprint density at radius 2 is 1.12 bits per heavy atom. The highest BCUT2D eigenvalue weighted by Crippen LogP contribution is 2.31. The topological polar surface area (TPSA) is 105 Å². The van der Waals surface area contributed by atoms with Gasteiger partial charge in [0.25, 0.3) is 19.7 Å². The summed E-state index contributed by atoms with van der Waals surface area (Å²) in [6.45, 7) is 0. The molecule has 0 saturated heterocycles. The van der Waals surface area contributed by atoms with E-state index in [1.165, 1.54) is 12.1 Å². The number of hydrogen-bond donors (Lipinski definition) is 0. The zero-order valence-corrected chi connectivity index (χ0v) is 16.5. The van der Waals surface area contributed by atoms with Gasteiger partial charge in [-0.2, -0.15) is 0 Å². The normalized spacial score (nSPS) is 11.8. The van der Waals surface area contributed by atoms with E-state index in [1.807, 2.05) is 0 Å². The maximum atomic E-state index is 12.7. The molecule has 6 nitrogen and oxygen atoms in total. The molecule has 0 radical (unpaired) electrons. The Bertz CT molecular complexity index is 1040. The van der Waals surface area contributed by atoms with E-state index >= 15 is 0 Å². The molecule has 0 saturated carbocycles. The lowest BCUT2D eigenvalue weighted by Crippen LogP contribution is -2.26. The summed E-state index contributed by atoms with van der Waals surface area (Å²) >= 11 is 23.1. The van der Waals surface area contributed by atoms with Crippen LogP contribution in [0.25, 0.3) is 5.53 Å². The molecular formula is C13H6Cl4N2O4S2. The molecule has 0 atom stereocenters. The van der Waals surface area contributed by atoms with Crippen molar-refractivity contribution in [3.8, 4) is 0 Å². The van der Waals surface area contributed by atoms with Gasteiger partial charge < -0.3 is 5.53 Å². The number of nitrogens with zero attached hydrogens (tertiary/aromatic N) is 2. The monoisotopic (exact) mass is 458 g/mol. The largest absolute Gasteiger partial charge is 0.504 e. The zero-order chi connectivity index (χ0) is 19.0. The zero-order valence-electron chi connectivity index (χ0n) is 11.8. The van der Waals surface area contributed by atoms with Gasteiger partial charge in [-0.15, -0.1) is 4.79 Å².